The molecule has 3 N–H and O–H groups in total. The minimum absolute atomic E-state index is 0.650. The van der Waals surface area contributed by atoms with Crippen LogP contribution in [0.1, 0.15) is 5.56 Å². The van der Waals surface area contributed by atoms with E-state index in [-0.39, 0.29) is 0 Å². The summed E-state index contributed by atoms with van der Waals surface area (Å²) in [7, 11) is -2.43. The molecule has 1 aromatic rings. The number of halogens is 3. The second-order valence-electron chi connectivity index (χ2n) is 2.60. The topological polar surface area (TPSA) is 69.9 Å². The van der Waals surface area contributed by atoms with Gasteiger partial charge in [-0.25, -0.2) is 0 Å². The fraction of sp³-hybridized carbons (Fsp3) is 0.143. The fourth-order valence-electron chi connectivity index (χ4n) is 0.977. The standard InChI is InChI=1S/C7H6BF3O4/c9-7(10,11)4-2-1-3-5(12)6(4)15-8(13)14/h1-3,12-14H. The SMILES string of the molecule is OB(O)Oc1c(O)cccc1C(F)(F)F. The highest BCUT2D eigenvalue weighted by atomic mass is 19.4. The summed E-state index contributed by atoms with van der Waals surface area (Å²) in [6.07, 6.45) is -4.75. The van der Waals surface area contributed by atoms with E-state index in [1.165, 1.54) is 0 Å². The average Bonchev–Trinajstić information content (AvgIpc) is 2.05. The van der Waals surface area contributed by atoms with Crippen LogP contribution in [0.25, 0.3) is 0 Å². The zero-order chi connectivity index (χ0) is 11.6. The van der Waals surface area contributed by atoms with Crippen LogP contribution in [-0.2, 0) is 6.18 Å². The van der Waals surface area contributed by atoms with Crippen molar-refractivity contribution in [1.82, 2.24) is 0 Å². The average molecular weight is 222 g/mol. The summed E-state index contributed by atoms with van der Waals surface area (Å²) in [6, 6.07) is 2.55. The first-order chi connectivity index (χ1) is 6.82. The van der Waals surface area contributed by atoms with E-state index < -0.39 is 30.6 Å². The molecule has 0 aliphatic heterocycles. The Bertz CT molecular complexity index is 353. The van der Waals surface area contributed by atoms with E-state index in [2.05, 4.69) is 4.65 Å². The molecule has 0 spiro atoms. The normalized spacial score (nSPS) is 11.3. The zero-order valence-corrected chi connectivity index (χ0v) is 7.19. The van der Waals surface area contributed by atoms with Crippen molar-refractivity contribution in [2.45, 2.75) is 6.18 Å². The Balaban J connectivity index is 3.21. The lowest BCUT2D eigenvalue weighted by molar-refractivity contribution is -0.138. The Hall–Kier alpha value is -1.41. The molecule has 0 heterocycles. The van der Waals surface area contributed by atoms with Crippen LogP contribution in [0.4, 0.5) is 13.2 Å². The first kappa shape index (κ1) is 11.7. The van der Waals surface area contributed by atoms with Gasteiger partial charge in [-0.2, -0.15) is 13.2 Å². The van der Waals surface area contributed by atoms with Crippen molar-refractivity contribution in [1.29, 1.82) is 0 Å². The molecule has 0 unspecified atom stereocenters. The summed E-state index contributed by atoms with van der Waals surface area (Å²) in [5, 5.41) is 25.8. The molecule has 0 saturated heterocycles. The van der Waals surface area contributed by atoms with Gasteiger partial charge in [0.25, 0.3) is 0 Å². The summed E-state index contributed by atoms with van der Waals surface area (Å²) in [5.41, 5.74) is -1.28. The second-order valence-corrected chi connectivity index (χ2v) is 2.60. The van der Waals surface area contributed by atoms with Gasteiger partial charge in [-0.15, -0.1) is 0 Å². The van der Waals surface area contributed by atoms with Crippen molar-refractivity contribution in [3.8, 4) is 11.5 Å². The smallest absolute Gasteiger partial charge is 0.509 e. The van der Waals surface area contributed by atoms with Gasteiger partial charge >= 0.3 is 13.5 Å². The predicted molar refractivity (Wildman–Crippen MR) is 43.9 cm³/mol. The number of hydrogen-bond donors (Lipinski definition) is 3. The number of aromatic hydroxyl groups is 1. The molecular formula is C7H6BF3O4. The molecule has 0 aliphatic rings. The lowest BCUT2D eigenvalue weighted by Gasteiger charge is -2.14. The number of para-hydroxylation sites is 1. The van der Waals surface area contributed by atoms with Crippen molar-refractivity contribution in [2.24, 2.45) is 0 Å². The Morgan fingerprint density at radius 2 is 1.80 bits per heavy atom. The number of phenols is 1. The van der Waals surface area contributed by atoms with Crippen molar-refractivity contribution in [3.05, 3.63) is 23.8 Å². The van der Waals surface area contributed by atoms with E-state index in [1.807, 2.05) is 0 Å². The van der Waals surface area contributed by atoms with Crippen LogP contribution >= 0.6 is 0 Å². The van der Waals surface area contributed by atoms with Gasteiger partial charge in [-0.3, -0.25) is 0 Å². The quantitative estimate of drug-likeness (QED) is 0.646. The van der Waals surface area contributed by atoms with Gasteiger partial charge in [0.05, 0.1) is 5.56 Å². The van der Waals surface area contributed by atoms with Crippen LogP contribution in [0.15, 0.2) is 18.2 Å². The van der Waals surface area contributed by atoms with Crippen LogP contribution in [-0.4, -0.2) is 22.5 Å². The summed E-state index contributed by atoms with van der Waals surface area (Å²) in [6.45, 7) is 0. The predicted octanol–water partition coefficient (Wildman–Crippen LogP) is 0.759. The fourth-order valence-corrected chi connectivity index (χ4v) is 0.977. The van der Waals surface area contributed by atoms with Gasteiger partial charge in [0, 0.05) is 0 Å². The summed E-state index contributed by atoms with van der Waals surface area (Å²) in [5.74, 6) is -1.84. The number of rotatable bonds is 2. The van der Waals surface area contributed by atoms with Gasteiger partial charge in [0.2, 0.25) is 0 Å². The number of alkyl halides is 3. The minimum atomic E-state index is -4.75. The maximum absolute atomic E-state index is 12.3. The highest BCUT2D eigenvalue weighted by Crippen LogP contribution is 2.40. The molecule has 1 rings (SSSR count). The summed E-state index contributed by atoms with van der Waals surface area (Å²) in [4.78, 5) is 0. The third kappa shape index (κ3) is 2.77. The molecule has 82 valence electrons. The van der Waals surface area contributed by atoms with Crippen molar-refractivity contribution < 1.29 is 33.0 Å². The molecule has 0 bridgehead atoms. The molecular weight excluding hydrogens is 216 g/mol. The van der Waals surface area contributed by atoms with Gasteiger partial charge in [-0.05, 0) is 12.1 Å². The third-order valence-corrected chi connectivity index (χ3v) is 1.52. The van der Waals surface area contributed by atoms with E-state index in [9.17, 15) is 13.2 Å². The lowest BCUT2D eigenvalue weighted by atomic mass is 10.1. The molecule has 0 radical (unpaired) electrons. The van der Waals surface area contributed by atoms with E-state index in [0.29, 0.717) is 6.07 Å². The first-order valence-corrected chi connectivity index (χ1v) is 3.74. The van der Waals surface area contributed by atoms with E-state index in [4.69, 9.17) is 15.2 Å². The molecule has 0 aliphatic carbocycles. The molecule has 8 heteroatoms. The highest BCUT2D eigenvalue weighted by Gasteiger charge is 2.36. The number of phenolic OH excluding ortho intramolecular Hbond substituents is 1. The Morgan fingerprint density at radius 3 is 2.27 bits per heavy atom. The summed E-state index contributed by atoms with van der Waals surface area (Å²) >= 11 is 0. The van der Waals surface area contributed by atoms with Gasteiger partial charge in [-0.1, -0.05) is 6.07 Å². The van der Waals surface area contributed by atoms with E-state index in [0.717, 1.165) is 12.1 Å². The monoisotopic (exact) mass is 222 g/mol. The van der Waals surface area contributed by atoms with Crippen molar-refractivity contribution in [2.75, 3.05) is 0 Å². The molecule has 0 fully saturated rings. The molecule has 15 heavy (non-hydrogen) atoms. The highest BCUT2D eigenvalue weighted by molar-refractivity contribution is 6.33. The van der Waals surface area contributed by atoms with E-state index >= 15 is 0 Å². The third-order valence-electron chi connectivity index (χ3n) is 1.52. The molecule has 4 nitrogen and oxygen atoms in total. The van der Waals surface area contributed by atoms with Crippen LogP contribution in [0, 0.1) is 0 Å². The Morgan fingerprint density at radius 1 is 1.20 bits per heavy atom. The van der Waals surface area contributed by atoms with E-state index in [1.54, 1.807) is 0 Å². The number of benzene rings is 1. The maximum Gasteiger partial charge on any atom is 0.707 e. The van der Waals surface area contributed by atoms with Crippen LogP contribution in [0.2, 0.25) is 0 Å². The first-order valence-electron chi connectivity index (χ1n) is 3.74. The second kappa shape index (κ2) is 3.99. The Labute approximate surface area is 82.7 Å². The summed E-state index contributed by atoms with van der Waals surface area (Å²) < 4.78 is 41.0. The molecule has 1 aromatic carbocycles. The zero-order valence-electron chi connectivity index (χ0n) is 7.19. The molecule has 0 saturated carbocycles. The van der Waals surface area contributed by atoms with Crippen molar-refractivity contribution >= 4 is 7.32 Å². The van der Waals surface area contributed by atoms with Gasteiger partial charge < -0.3 is 19.8 Å². The lowest BCUT2D eigenvalue weighted by Crippen LogP contribution is -2.22. The molecule has 0 atom stereocenters. The molecule has 0 aromatic heterocycles. The van der Waals surface area contributed by atoms with Crippen LogP contribution < -0.4 is 4.65 Å². The van der Waals surface area contributed by atoms with Gasteiger partial charge in [0.15, 0.2) is 11.5 Å². The minimum Gasteiger partial charge on any atom is -0.509 e. The van der Waals surface area contributed by atoms with Crippen LogP contribution in [0.3, 0.4) is 0 Å². The van der Waals surface area contributed by atoms with Crippen LogP contribution in [0.5, 0.6) is 11.5 Å². The maximum atomic E-state index is 12.3. The largest absolute Gasteiger partial charge is 0.707 e. The molecule has 0 amide bonds. The Kier molecular flexibility index (Phi) is 3.11. The van der Waals surface area contributed by atoms with Gasteiger partial charge in [0.1, 0.15) is 0 Å². The number of hydrogen-bond acceptors (Lipinski definition) is 4. The van der Waals surface area contributed by atoms with Crippen molar-refractivity contribution in [3.63, 3.8) is 0 Å².